The van der Waals surface area contributed by atoms with Crippen molar-refractivity contribution in [2.75, 3.05) is 6.61 Å². The van der Waals surface area contributed by atoms with Crippen molar-refractivity contribution in [3.63, 3.8) is 0 Å². The van der Waals surface area contributed by atoms with Crippen LogP contribution < -0.4 is 21.1 Å². The Morgan fingerprint density at radius 2 is 1.96 bits per heavy atom. The molecule has 0 bridgehead atoms. The van der Waals surface area contributed by atoms with Gasteiger partial charge in [-0.15, -0.1) is 0 Å². The Hall–Kier alpha value is -2.67. The first-order valence-electron chi connectivity index (χ1n) is 7.90. The third kappa shape index (κ3) is 3.62. The van der Waals surface area contributed by atoms with Crippen LogP contribution >= 0.6 is 0 Å². The van der Waals surface area contributed by atoms with Gasteiger partial charge in [-0.2, -0.15) is 24.0 Å². The number of hydrazine groups is 2. The second kappa shape index (κ2) is 7.29. The molecule has 0 radical (unpaired) electrons. The Morgan fingerprint density at radius 3 is 2.58 bits per heavy atom. The van der Waals surface area contributed by atoms with Crippen LogP contribution in [-0.2, 0) is 6.18 Å². The van der Waals surface area contributed by atoms with Crippen molar-refractivity contribution in [2.45, 2.75) is 25.2 Å². The van der Waals surface area contributed by atoms with Crippen molar-refractivity contribution >= 4 is 0 Å². The molecule has 26 heavy (non-hydrogen) atoms. The Kier molecular flexibility index (Phi) is 5.08. The van der Waals surface area contributed by atoms with Gasteiger partial charge in [-0.05, 0) is 30.7 Å². The van der Waals surface area contributed by atoms with Gasteiger partial charge in [0.1, 0.15) is 17.5 Å². The number of nitrogens with one attached hydrogen (secondary N) is 3. The quantitative estimate of drug-likeness (QED) is 0.775. The molecule has 1 aliphatic heterocycles. The van der Waals surface area contributed by atoms with Crippen molar-refractivity contribution in [3.05, 3.63) is 47.8 Å². The number of ether oxygens (including phenoxy) is 1. The zero-order valence-corrected chi connectivity index (χ0v) is 13.8. The Labute approximate surface area is 147 Å². The van der Waals surface area contributed by atoms with Crippen LogP contribution in [0.15, 0.2) is 36.5 Å². The van der Waals surface area contributed by atoms with Gasteiger partial charge in [-0.25, -0.2) is 10.9 Å². The van der Waals surface area contributed by atoms with Gasteiger partial charge in [0, 0.05) is 17.3 Å². The number of nitriles is 1. The summed E-state index contributed by atoms with van der Waals surface area (Å²) in [6, 6.07) is 8.80. The average Bonchev–Trinajstić information content (AvgIpc) is 3.10. The zero-order valence-electron chi connectivity index (χ0n) is 13.8. The molecule has 2 atom stereocenters. The Morgan fingerprint density at radius 1 is 1.19 bits per heavy atom. The summed E-state index contributed by atoms with van der Waals surface area (Å²) in [5.74, 6) is 0.597. The van der Waals surface area contributed by atoms with Crippen LogP contribution in [0.1, 0.15) is 24.2 Å². The van der Waals surface area contributed by atoms with E-state index in [1.54, 1.807) is 18.2 Å². The normalized spacial score (nSPS) is 20.0. The number of hydrogen-bond donors (Lipinski definition) is 3. The molecule has 2 heterocycles. The van der Waals surface area contributed by atoms with Gasteiger partial charge in [0.15, 0.2) is 0 Å². The average molecular weight is 363 g/mol. The van der Waals surface area contributed by atoms with Gasteiger partial charge in [-0.1, -0.05) is 12.1 Å². The molecule has 136 valence electrons. The van der Waals surface area contributed by atoms with E-state index in [-0.39, 0.29) is 6.04 Å². The molecule has 0 spiro atoms. The van der Waals surface area contributed by atoms with Gasteiger partial charge in [0.05, 0.1) is 18.7 Å². The van der Waals surface area contributed by atoms with Crippen LogP contribution in [0.3, 0.4) is 0 Å². The van der Waals surface area contributed by atoms with Gasteiger partial charge in [-0.3, -0.25) is 4.98 Å². The maximum absolute atomic E-state index is 12.7. The summed E-state index contributed by atoms with van der Waals surface area (Å²) in [5, 5.41) is 9.26. The number of rotatable bonds is 4. The summed E-state index contributed by atoms with van der Waals surface area (Å²) in [6.07, 6.45) is -3.30. The number of hydrogen-bond acceptors (Lipinski definition) is 6. The van der Waals surface area contributed by atoms with Gasteiger partial charge in [0.25, 0.3) is 0 Å². The minimum absolute atomic E-state index is 0.385. The highest BCUT2D eigenvalue weighted by Gasteiger charge is 2.32. The lowest BCUT2D eigenvalue weighted by molar-refractivity contribution is -0.141. The minimum atomic E-state index is -4.48. The van der Waals surface area contributed by atoms with Crippen LogP contribution in [0, 0.1) is 11.3 Å². The maximum Gasteiger partial charge on any atom is 0.433 e. The molecule has 1 saturated heterocycles. The smallest absolute Gasteiger partial charge is 0.433 e. The van der Waals surface area contributed by atoms with Crippen molar-refractivity contribution in [2.24, 2.45) is 0 Å². The maximum atomic E-state index is 12.7. The molecule has 3 N–H and O–H groups in total. The number of halogens is 3. The van der Waals surface area contributed by atoms with Crippen molar-refractivity contribution in [3.8, 4) is 22.9 Å². The standard InChI is InChI=1S/C17H16F3N5O/c1-2-26-14-5-3-10(7-12(14)16-13(8-21)23-25-24-16)11-4-6-15(22-9-11)17(18,19)20/h3-7,9,13,16,23-25H,2H2,1H3. The van der Waals surface area contributed by atoms with Crippen LogP contribution in [0.25, 0.3) is 11.1 Å². The lowest BCUT2D eigenvalue weighted by atomic mass is 9.96. The van der Waals surface area contributed by atoms with E-state index in [1.807, 2.05) is 6.92 Å². The molecule has 6 nitrogen and oxygen atoms in total. The Balaban J connectivity index is 1.99. The fraction of sp³-hybridized carbons (Fsp3) is 0.294. The summed E-state index contributed by atoms with van der Waals surface area (Å²) in [4.78, 5) is 3.49. The minimum Gasteiger partial charge on any atom is -0.494 e. The van der Waals surface area contributed by atoms with Crippen LogP contribution in [0.2, 0.25) is 0 Å². The summed E-state index contributed by atoms with van der Waals surface area (Å²) >= 11 is 0. The first kappa shape index (κ1) is 18.1. The second-order valence-electron chi connectivity index (χ2n) is 5.61. The molecule has 1 fully saturated rings. The van der Waals surface area contributed by atoms with Crippen LogP contribution in [-0.4, -0.2) is 17.6 Å². The first-order valence-corrected chi connectivity index (χ1v) is 7.90. The molecule has 9 heteroatoms. The summed E-state index contributed by atoms with van der Waals surface area (Å²) < 4.78 is 43.7. The molecule has 1 aliphatic rings. The predicted octanol–water partition coefficient (Wildman–Crippen LogP) is 2.71. The van der Waals surface area contributed by atoms with Crippen molar-refractivity contribution < 1.29 is 17.9 Å². The molecule has 1 aromatic carbocycles. The van der Waals surface area contributed by atoms with Crippen LogP contribution in [0.5, 0.6) is 5.75 Å². The molecule has 2 unspecified atom stereocenters. The van der Waals surface area contributed by atoms with E-state index in [2.05, 4.69) is 27.4 Å². The highest BCUT2D eigenvalue weighted by atomic mass is 19.4. The van der Waals surface area contributed by atoms with Crippen LogP contribution in [0.4, 0.5) is 13.2 Å². The van der Waals surface area contributed by atoms with Crippen molar-refractivity contribution in [1.29, 1.82) is 5.26 Å². The number of nitrogens with zero attached hydrogens (tertiary/aromatic N) is 2. The highest BCUT2D eigenvalue weighted by molar-refractivity contribution is 5.65. The number of pyridine rings is 1. The number of benzene rings is 1. The van der Waals surface area contributed by atoms with E-state index in [1.165, 1.54) is 12.3 Å². The van der Waals surface area contributed by atoms with E-state index >= 15 is 0 Å². The van der Waals surface area contributed by atoms with Crippen molar-refractivity contribution in [1.82, 2.24) is 21.4 Å². The molecule has 2 aromatic rings. The molecular weight excluding hydrogens is 347 g/mol. The molecule has 0 aliphatic carbocycles. The fourth-order valence-electron chi connectivity index (χ4n) is 2.72. The second-order valence-corrected chi connectivity index (χ2v) is 5.61. The zero-order chi connectivity index (χ0) is 18.7. The van der Waals surface area contributed by atoms with Gasteiger partial charge < -0.3 is 4.74 Å². The SMILES string of the molecule is CCOc1ccc(-c2ccc(C(F)(F)F)nc2)cc1C1NNNC1C#N. The molecule has 0 amide bonds. The van der Waals surface area contributed by atoms with E-state index in [9.17, 15) is 18.4 Å². The van der Waals surface area contributed by atoms with E-state index in [0.717, 1.165) is 6.07 Å². The fourth-order valence-corrected chi connectivity index (χ4v) is 2.72. The third-order valence-electron chi connectivity index (χ3n) is 3.96. The molecular formula is C17H16F3N5O. The number of aromatic nitrogens is 1. The third-order valence-corrected chi connectivity index (χ3v) is 3.96. The van der Waals surface area contributed by atoms with E-state index in [0.29, 0.717) is 29.0 Å². The summed E-state index contributed by atoms with van der Waals surface area (Å²) in [5.41, 5.74) is 9.44. The molecule has 1 aromatic heterocycles. The summed E-state index contributed by atoms with van der Waals surface area (Å²) in [7, 11) is 0. The monoisotopic (exact) mass is 363 g/mol. The molecule has 3 rings (SSSR count). The van der Waals surface area contributed by atoms with Gasteiger partial charge >= 0.3 is 6.18 Å². The largest absolute Gasteiger partial charge is 0.494 e. The predicted molar refractivity (Wildman–Crippen MR) is 87.4 cm³/mol. The molecule has 0 saturated carbocycles. The highest BCUT2D eigenvalue weighted by Crippen LogP contribution is 2.34. The lowest BCUT2D eigenvalue weighted by Gasteiger charge is -2.18. The summed E-state index contributed by atoms with van der Waals surface area (Å²) in [6.45, 7) is 2.29. The van der Waals surface area contributed by atoms with E-state index in [4.69, 9.17) is 4.74 Å². The van der Waals surface area contributed by atoms with Gasteiger partial charge in [0.2, 0.25) is 0 Å². The number of alkyl halides is 3. The Bertz CT molecular complexity index is 817. The topological polar surface area (TPSA) is 82.0 Å². The lowest BCUT2D eigenvalue weighted by Crippen LogP contribution is -2.32. The first-order chi connectivity index (χ1) is 12.4. The van der Waals surface area contributed by atoms with E-state index < -0.39 is 17.9 Å².